The molecule has 2 aromatic heterocycles. The Labute approximate surface area is 125 Å². The first-order valence-corrected chi connectivity index (χ1v) is 7.46. The summed E-state index contributed by atoms with van der Waals surface area (Å²) in [6.45, 7) is 2.43. The topological polar surface area (TPSA) is 64.6 Å². The molecule has 2 heterocycles. The number of aliphatic hydroxyl groups is 1. The molecule has 0 aliphatic rings. The third kappa shape index (κ3) is 2.26. The average molecular weight is 305 g/mol. The van der Waals surface area contributed by atoms with E-state index in [1.807, 2.05) is 18.4 Å². The third-order valence-electron chi connectivity index (χ3n) is 3.45. The van der Waals surface area contributed by atoms with Crippen LogP contribution in [-0.4, -0.2) is 16.8 Å². The minimum Gasteiger partial charge on any atom is -0.495 e. The number of ether oxygens (including phenoxy) is 1. The summed E-state index contributed by atoms with van der Waals surface area (Å²) in [6.07, 6.45) is -0.806. The van der Waals surface area contributed by atoms with Crippen molar-refractivity contribution < 1.29 is 14.3 Å². The van der Waals surface area contributed by atoms with E-state index in [4.69, 9.17) is 9.15 Å². The van der Waals surface area contributed by atoms with E-state index in [1.165, 1.54) is 11.3 Å². The van der Waals surface area contributed by atoms with Crippen LogP contribution in [0.1, 0.15) is 23.5 Å². The van der Waals surface area contributed by atoms with Gasteiger partial charge >= 0.3 is 5.76 Å². The van der Waals surface area contributed by atoms with Gasteiger partial charge in [0.05, 0.1) is 17.5 Å². The van der Waals surface area contributed by atoms with Crippen molar-refractivity contribution in [1.82, 2.24) is 4.57 Å². The molecule has 0 radical (unpaired) electrons. The van der Waals surface area contributed by atoms with Crippen molar-refractivity contribution in [3.8, 4) is 5.75 Å². The Balaban J connectivity index is 2.07. The zero-order chi connectivity index (χ0) is 15.0. The smallest absolute Gasteiger partial charge is 0.419 e. The van der Waals surface area contributed by atoms with Crippen LogP contribution in [0, 0.1) is 0 Å². The molecule has 6 heteroatoms. The van der Waals surface area contributed by atoms with Gasteiger partial charge in [-0.25, -0.2) is 4.79 Å². The van der Waals surface area contributed by atoms with Crippen LogP contribution in [0.15, 0.2) is 38.9 Å². The molecular weight excluding hydrogens is 290 g/mol. The highest BCUT2D eigenvalue weighted by Crippen LogP contribution is 2.35. The van der Waals surface area contributed by atoms with Crippen LogP contribution in [-0.2, 0) is 6.54 Å². The van der Waals surface area contributed by atoms with Crippen LogP contribution in [0.5, 0.6) is 5.75 Å². The Kier molecular flexibility index (Phi) is 3.57. The second kappa shape index (κ2) is 5.38. The molecule has 1 unspecified atom stereocenters. The number of fused-ring (bicyclic) bond motifs is 1. The highest BCUT2D eigenvalue weighted by atomic mass is 32.1. The quantitative estimate of drug-likeness (QED) is 0.805. The molecular formula is C15H15NO4S. The Morgan fingerprint density at radius 1 is 1.43 bits per heavy atom. The predicted octanol–water partition coefficient (Wildman–Crippen LogP) is 2.77. The standard InChI is InChI=1S/C15H15NO4S/c1-3-16-10-5-4-9(8-12(10)20-15(16)18)13(17)14-11(19-2)6-7-21-14/h4-8,13,17H,3H2,1-2H3. The molecule has 1 aromatic carbocycles. The molecule has 0 aliphatic heterocycles. The Hall–Kier alpha value is -2.05. The number of thiophene rings is 1. The zero-order valence-corrected chi connectivity index (χ0v) is 12.5. The molecule has 0 aliphatic carbocycles. The lowest BCUT2D eigenvalue weighted by Gasteiger charge is -2.11. The summed E-state index contributed by atoms with van der Waals surface area (Å²) in [7, 11) is 1.57. The van der Waals surface area contributed by atoms with Gasteiger partial charge in [-0.3, -0.25) is 4.57 Å². The van der Waals surface area contributed by atoms with Crippen LogP contribution in [0.25, 0.3) is 11.1 Å². The molecule has 3 aromatic rings. The maximum atomic E-state index is 11.7. The molecule has 21 heavy (non-hydrogen) atoms. The van der Waals surface area contributed by atoms with Crippen molar-refractivity contribution >= 4 is 22.4 Å². The summed E-state index contributed by atoms with van der Waals surface area (Å²) in [4.78, 5) is 12.4. The predicted molar refractivity (Wildman–Crippen MR) is 81.1 cm³/mol. The van der Waals surface area contributed by atoms with Crippen molar-refractivity contribution in [1.29, 1.82) is 0 Å². The fraction of sp³-hybridized carbons (Fsp3) is 0.267. The maximum Gasteiger partial charge on any atom is 0.419 e. The van der Waals surface area contributed by atoms with E-state index in [2.05, 4.69) is 0 Å². The van der Waals surface area contributed by atoms with Gasteiger partial charge in [-0.1, -0.05) is 6.07 Å². The van der Waals surface area contributed by atoms with Crippen LogP contribution in [0.3, 0.4) is 0 Å². The number of hydrogen-bond donors (Lipinski definition) is 1. The van der Waals surface area contributed by atoms with E-state index in [9.17, 15) is 9.90 Å². The molecule has 0 fully saturated rings. The van der Waals surface area contributed by atoms with E-state index in [0.29, 0.717) is 23.4 Å². The van der Waals surface area contributed by atoms with Gasteiger partial charge in [0.1, 0.15) is 11.9 Å². The fourth-order valence-corrected chi connectivity index (χ4v) is 3.25. The highest BCUT2D eigenvalue weighted by Gasteiger charge is 2.18. The first-order valence-electron chi connectivity index (χ1n) is 6.58. The molecule has 3 rings (SSSR count). The van der Waals surface area contributed by atoms with Gasteiger partial charge in [0, 0.05) is 6.54 Å². The molecule has 1 atom stereocenters. The lowest BCUT2D eigenvalue weighted by Crippen LogP contribution is -2.11. The van der Waals surface area contributed by atoms with Gasteiger partial charge in [-0.2, -0.15) is 0 Å². The summed E-state index contributed by atoms with van der Waals surface area (Å²) in [5.74, 6) is 0.271. The maximum absolute atomic E-state index is 11.7. The van der Waals surface area contributed by atoms with E-state index >= 15 is 0 Å². The van der Waals surface area contributed by atoms with Gasteiger partial charge in [-0.05, 0) is 36.1 Å². The zero-order valence-electron chi connectivity index (χ0n) is 11.7. The molecule has 0 saturated carbocycles. The van der Waals surface area contributed by atoms with E-state index < -0.39 is 6.10 Å². The minimum absolute atomic E-state index is 0.382. The summed E-state index contributed by atoms with van der Waals surface area (Å²) in [6, 6.07) is 7.11. The van der Waals surface area contributed by atoms with Gasteiger partial charge < -0.3 is 14.3 Å². The second-order valence-electron chi connectivity index (χ2n) is 4.60. The highest BCUT2D eigenvalue weighted by molar-refractivity contribution is 7.10. The van der Waals surface area contributed by atoms with Crippen molar-refractivity contribution in [2.75, 3.05) is 7.11 Å². The minimum atomic E-state index is -0.806. The Morgan fingerprint density at radius 2 is 2.24 bits per heavy atom. The van der Waals surface area contributed by atoms with Crippen molar-refractivity contribution in [3.05, 3.63) is 50.6 Å². The van der Waals surface area contributed by atoms with Gasteiger partial charge in [0.15, 0.2) is 5.58 Å². The second-order valence-corrected chi connectivity index (χ2v) is 5.54. The third-order valence-corrected chi connectivity index (χ3v) is 4.40. The fourth-order valence-electron chi connectivity index (χ4n) is 2.38. The number of nitrogens with zero attached hydrogens (tertiary/aromatic N) is 1. The number of oxazole rings is 1. The van der Waals surface area contributed by atoms with Gasteiger partial charge in [0.25, 0.3) is 0 Å². The molecule has 110 valence electrons. The van der Waals surface area contributed by atoms with Crippen molar-refractivity contribution in [2.45, 2.75) is 19.6 Å². The van der Waals surface area contributed by atoms with Crippen molar-refractivity contribution in [3.63, 3.8) is 0 Å². The summed E-state index contributed by atoms with van der Waals surface area (Å²) in [5, 5.41) is 12.4. The molecule has 1 N–H and O–H groups in total. The monoisotopic (exact) mass is 305 g/mol. The number of hydrogen-bond acceptors (Lipinski definition) is 5. The molecule has 0 amide bonds. The number of aromatic nitrogens is 1. The van der Waals surface area contributed by atoms with E-state index in [-0.39, 0.29) is 5.76 Å². The lowest BCUT2D eigenvalue weighted by atomic mass is 10.1. The first-order chi connectivity index (χ1) is 10.2. The molecule has 0 saturated heterocycles. The van der Waals surface area contributed by atoms with E-state index in [1.54, 1.807) is 29.9 Å². The first kappa shape index (κ1) is 13.9. The normalized spacial score (nSPS) is 12.7. The van der Waals surface area contributed by atoms with E-state index in [0.717, 1.165) is 10.4 Å². The summed E-state index contributed by atoms with van der Waals surface area (Å²) >= 11 is 1.42. The Morgan fingerprint density at radius 3 is 2.95 bits per heavy atom. The van der Waals surface area contributed by atoms with Crippen molar-refractivity contribution in [2.24, 2.45) is 0 Å². The average Bonchev–Trinajstić information content (AvgIpc) is 3.08. The largest absolute Gasteiger partial charge is 0.495 e. The SMILES string of the molecule is CCn1c(=O)oc2cc(C(O)c3sccc3OC)ccc21. The number of rotatable bonds is 4. The number of benzene rings is 1. The van der Waals surface area contributed by atoms with Gasteiger partial charge in [0.2, 0.25) is 0 Å². The van der Waals surface area contributed by atoms with Crippen LogP contribution < -0.4 is 10.5 Å². The summed E-state index contributed by atoms with van der Waals surface area (Å²) < 4.78 is 12.0. The van der Waals surface area contributed by atoms with Crippen LogP contribution in [0.4, 0.5) is 0 Å². The number of methoxy groups -OCH3 is 1. The van der Waals surface area contributed by atoms with Crippen LogP contribution >= 0.6 is 11.3 Å². The summed E-state index contributed by atoms with van der Waals surface area (Å²) in [5.41, 5.74) is 1.88. The molecule has 0 bridgehead atoms. The Bertz CT molecular complexity index is 830. The van der Waals surface area contributed by atoms with Crippen LogP contribution in [0.2, 0.25) is 0 Å². The number of aryl methyl sites for hydroxylation is 1. The molecule has 0 spiro atoms. The lowest BCUT2D eigenvalue weighted by molar-refractivity contribution is 0.219. The van der Waals surface area contributed by atoms with Gasteiger partial charge in [-0.15, -0.1) is 11.3 Å². The molecule has 5 nitrogen and oxygen atoms in total. The number of aliphatic hydroxyl groups excluding tert-OH is 1.